The van der Waals surface area contributed by atoms with Crippen molar-refractivity contribution in [3.05, 3.63) is 0 Å². The van der Waals surface area contributed by atoms with Gasteiger partial charge in [0.15, 0.2) is 0 Å². The minimum atomic E-state index is -3.26. The highest BCUT2D eigenvalue weighted by molar-refractivity contribution is 8.13. The standard InChI is InChI=1S/C8H13ClO2S/c9-12(10,11)5-8-4-6-1-2-7(8)3-6/h6-8H,1-5H2/t6-,7-,8+/m0/s1. The van der Waals surface area contributed by atoms with Gasteiger partial charge < -0.3 is 0 Å². The zero-order chi connectivity index (χ0) is 8.77. The second-order valence-electron chi connectivity index (χ2n) is 4.14. The van der Waals surface area contributed by atoms with E-state index in [-0.39, 0.29) is 5.75 Å². The van der Waals surface area contributed by atoms with Crippen LogP contribution in [-0.2, 0) is 9.05 Å². The molecule has 2 fully saturated rings. The molecule has 0 saturated heterocycles. The Morgan fingerprint density at radius 2 is 2.00 bits per heavy atom. The maximum atomic E-state index is 10.8. The molecule has 0 aromatic heterocycles. The summed E-state index contributed by atoms with van der Waals surface area (Å²) in [5.41, 5.74) is 0. The van der Waals surface area contributed by atoms with Crippen LogP contribution in [0.1, 0.15) is 25.7 Å². The third kappa shape index (κ3) is 1.77. The van der Waals surface area contributed by atoms with E-state index in [1.165, 1.54) is 19.3 Å². The highest BCUT2D eigenvalue weighted by Gasteiger charge is 2.40. The minimum Gasteiger partial charge on any atom is -0.212 e. The average Bonchev–Trinajstić information content (AvgIpc) is 2.42. The lowest BCUT2D eigenvalue weighted by Gasteiger charge is -2.19. The Morgan fingerprint density at radius 3 is 2.42 bits per heavy atom. The Hall–Kier alpha value is 0.240. The molecule has 4 heteroatoms. The third-order valence-corrected chi connectivity index (χ3v) is 4.50. The molecule has 2 aliphatic rings. The normalized spacial score (nSPS) is 40.6. The summed E-state index contributed by atoms with van der Waals surface area (Å²) in [6.07, 6.45) is 4.87. The molecule has 12 heavy (non-hydrogen) atoms. The van der Waals surface area contributed by atoms with Crippen molar-refractivity contribution in [1.29, 1.82) is 0 Å². The molecule has 0 radical (unpaired) electrons. The molecule has 0 unspecified atom stereocenters. The van der Waals surface area contributed by atoms with E-state index in [0.717, 1.165) is 12.3 Å². The lowest BCUT2D eigenvalue weighted by atomic mass is 9.90. The van der Waals surface area contributed by atoms with Gasteiger partial charge in [-0.1, -0.05) is 6.42 Å². The first-order valence-electron chi connectivity index (χ1n) is 4.47. The van der Waals surface area contributed by atoms with E-state index >= 15 is 0 Å². The molecule has 3 atom stereocenters. The lowest BCUT2D eigenvalue weighted by molar-refractivity contribution is 0.361. The van der Waals surface area contributed by atoms with E-state index in [9.17, 15) is 8.42 Å². The maximum absolute atomic E-state index is 10.8. The highest BCUT2D eigenvalue weighted by atomic mass is 35.7. The fourth-order valence-electron chi connectivity index (χ4n) is 2.84. The first-order chi connectivity index (χ1) is 5.54. The van der Waals surface area contributed by atoms with Crippen molar-refractivity contribution in [2.45, 2.75) is 25.7 Å². The first-order valence-corrected chi connectivity index (χ1v) is 6.95. The maximum Gasteiger partial charge on any atom is 0.232 e. The lowest BCUT2D eigenvalue weighted by Crippen LogP contribution is -2.18. The number of fused-ring (bicyclic) bond motifs is 2. The summed E-state index contributed by atoms with van der Waals surface area (Å²) in [6, 6.07) is 0. The summed E-state index contributed by atoms with van der Waals surface area (Å²) in [5.74, 6) is 2.03. The number of hydrogen-bond donors (Lipinski definition) is 0. The van der Waals surface area contributed by atoms with Crippen LogP contribution >= 0.6 is 10.7 Å². The van der Waals surface area contributed by atoms with E-state index in [4.69, 9.17) is 10.7 Å². The number of halogens is 1. The van der Waals surface area contributed by atoms with Gasteiger partial charge in [0.05, 0.1) is 5.75 Å². The summed E-state index contributed by atoms with van der Waals surface area (Å²) in [6.45, 7) is 0. The molecular formula is C8H13ClO2S. The quantitative estimate of drug-likeness (QED) is 0.651. The Balaban J connectivity index is 2.00. The molecule has 0 N–H and O–H groups in total. The van der Waals surface area contributed by atoms with Crippen LogP contribution in [0.15, 0.2) is 0 Å². The Labute approximate surface area is 77.7 Å². The Morgan fingerprint density at radius 1 is 1.25 bits per heavy atom. The van der Waals surface area contributed by atoms with Gasteiger partial charge in [-0.05, 0) is 37.0 Å². The molecule has 2 saturated carbocycles. The van der Waals surface area contributed by atoms with E-state index in [1.54, 1.807) is 0 Å². The molecule has 70 valence electrons. The third-order valence-electron chi connectivity index (χ3n) is 3.30. The molecule has 2 aliphatic carbocycles. The van der Waals surface area contributed by atoms with E-state index in [0.29, 0.717) is 11.8 Å². The van der Waals surface area contributed by atoms with E-state index in [1.807, 2.05) is 0 Å². The van der Waals surface area contributed by atoms with Crippen LogP contribution in [0.4, 0.5) is 0 Å². The number of rotatable bonds is 2. The Bertz CT molecular complexity index is 273. The molecular weight excluding hydrogens is 196 g/mol. The van der Waals surface area contributed by atoms with Crippen molar-refractivity contribution in [3.63, 3.8) is 0 Å². The van der Waals surface area contributed by atoms with Crippen LogP contribution < -0.4 is 0 Å². The Kier molecular flexibility index (Phi) is 2.11. The summed E-state index contributed by atoms with van der Waals surface area (Å²) in [4.78, 5) is 0. The largest absolute Gasteiger partial charge is 0.232 e. The van der Waals surface area contributed by atoms with Gasteiger partial charge in [-0.25, -0.2) is 8.42 Å². The SMILES string of the molecule is O=S(=O)(Cl)C[C@H]1C[C@H]2CC[C@H]1C2. The molecule has 0 aliphatic heterocycles. The monoisotopic (exact) mass is 208 g/mol. The molecule has 0 aromatic carbocycles. The van der Waals surface area contributed by atoms with Crippen LogP contribution in [-0.4, -0.2) is 14.2 Å². The molecule has 2 rings (SSSR count). The van der Waals surface area contributed by atoms with Crippen molar-refractivity contribution in [1.82, 2.24) is 0 Å². The van der Waals surface area contributed by atoms with Crippen molar-refractivity contribution >= 4 is 19.7 Å². The zero-order valence-electron chi connectivity index (χ0n) is 6.87. The second-order valence-corrected chi connectivity index (χ2v) is 6.96. The van der Waals surface area contributed by atoms with Crippen molar-refractivity contribution in [2.75, 3.05) is 5.75 Å². The van der Waals surface area contributed by atoms with Crippen molar-refractivity contribution < 1.29 is 8.42 Å². The van der Waals surface area contributed by atoms with Crippen LogP contribution in [0, 0.1) is 17.8 Å². The minimum absolute atomic E-state index is 0.204. The smallest absolute Gasteiger partial charge is 0.212 e. The molecule has 0 aromatic rings. The van der Waals surface area contributed by atoms with Crippen molar-refractivity contribution in [3.8, 4) is 0 Å². The average molecular weight is 209 g/mol. The summed E-state index contributed by atoms with van der Waals surface area (Å²) < 4.78 is 21.7. The summed E-state index contributed by atoms with van der Waals surface area (Å²) in [7, 11) is 1.96. The van der Waals surface area contributed by atoms with Crippen LogP contribution in [0.2, 0.25) is 0 Å². The molecule has 2 bridgehead atoms. The molecule has 2 nitrogen and oxygen atoms in total. The molecule has 0 heterocycles. The summed E-state index contributed by atoms with van der Waals surface area (Å²) in [5, 5.41) is 0. The van der Waals surface area contributed by atoms with Gasteiger partial charge in [-0.3, -0.25) is 0 Å². The van der Waals surface area contributed by atoms with Crippen molar-refractivity contribution in [2.24, 2.45) is 17.8 Å². The molecule has 0 spiro atoms. The predicted molar refractivity (Wildman–Crippen MR) is 48.6 cm³/mol. The van der Waals surface area contributed by atoms with Gasteiger partial charge >= 0.3 is 0 Å². The van der Waals surface area contributed by atoms with E-state index < -0.39 is 9.05 Å². The van der Waals surface area contributed by atoms with Gasteiger partial charge in [0.1, 0.15) is 0 Å². The van der Waals surface area contributed by atoms with Crippen LogP contribution in [0.25, 0.3) is 0 Å². The van der Waals surface area contributed by atoms with Gasteiger partial charge in [0.25, 0.3) is 0 Å². The van der Waals surface area contributed by atoms with Crippen LogP contribution in [0.5, 0.6) is 0 Å². The van der Waals surface area contributed by atoms with Crippen LogP contribution in [0.3, 0.4) is 0 Å². The van der Waals surface area contributed by atoms with Gasteiger partial charge in [0, 0.05) is 10.7 Å². The molecule has 0 amide bonds. The van der Waals surface area contributed by atoms with Gasteiger partial charge in [-0.15, -0.1) is 0 Å². The fraction of sp³-hybridized carbons (Fsp3) is 1.00. The highest BCUT2D eigenvalue weighted by Crippen LogP contribution is 2.48. The predicted octanol–water partition coefficient (Wildman–Crippen LogP) is 1.99. The van der Waals surface area contributed by atoms with Gasteiger partial charge in [-0.2, -0.15) is 0 Å². The second kappa shape index (κ2) is 2.88. The fourth-order valence-corrected chi connectivity index (χ4v) is 4.24. The summed E-state index contributed by atoms with van der Waals surface area (Å²) >= 11 is 0. The first kappa shape index (κ1) is 8.82. The van der Waals surface area contributed by atoms with E-state index in [2.05, 4.69) is 0 Å². The topological polar surface area (TPSA) is 34.1 Å². The van der Waals surface area contributed by atoms with Gasteiger partial charge in [0.2, 0.25) is 9.05 Å². The number of hydrogen-bond acceptors (Lipinski definition) is 2. The zero-order valence-corrected chi connectivity index (χ0v) is 8.44.